The van der Waals surface area contributed by atoms with Crippen LogP contribution in [0.2, 0.25) is 0 Å². The lowest BCUT2D eigenvalue weighted by atomic mass is 10.2. The Hall–Kier alpha value is -4.16. The van der Waals surface area contributed by atoms with Crippen LogP contribution in [0.4, 0.5) is 8.78 Å². The average Bonchev–Trinajstić information content (AvgIpc) is 3.38. The molecule has 0 unspecified atom stereocenters. The molecule has 154 valence electrons. The van der Waals surface area contributed by atoms with Gasteiger partial charge in [-0.15, -0.1) is 0 Å². The highest BCUT2D eigenvalue weighted by Gasteiger charge is 2.22. The zero-order chi connectivity index (χ0) is 21.6. The molecule has 4 aromatic rings. The molecule has 30 heavy (non-hydrogen) atoms. The van der Waals surface area contributed by atoms with Gasteiger partial charge in [0.05, 0.1) is 18.3 Å². The minimum atomic E-state index is -1.88. The molecule has 11 nitrogen and oxygen atoms in total. The third kappa shape index (κ3) is 3.15. The number of carbonyl (C=O) groups excluding carboxylic acids is 1. The van der Waals surface area contributed by atoms with Crippen LogP contribution >= 0.6 is 0 Å². The maximum Gasteiger partial charge on any atom is 0.268 e. The van der Waals surface area contributed by atoms with Crippen LogP contribution in [0.25, 0.3) is 33.9 Å². The van der Waals surface area contributed by atoms with Gasteiger partial charge in [0.15, 0.2) is 11.6 Å². The molecule has 0 bridgehead atoms. The van der Waals surface area contributed by atoms with E-state index in [-0.39, 0.29) is 46.7 Å². The first-order valence-electron chi connectivity index (χ1n) is 8.59. The number of aryl methyl sites for hydroxylation is 2. The van der Waals surface area contributed by atoms with Crippen LogP contribution in [-0.4, -0.2) is 50.7 Å². The molecular formula is C17H15F2N9O2. The van der Waals surface area contributed by atoms with E-state index in [9.17, 15) is 18.7 Å². The third-order valence-corrected chi connectivity index (χ3v) is 4.43. The van der Waals surface area contributed by atoms with Crippen molar-refractivity contribution < 1.29 is 18.7 Å². The predicted molar refractivity (Wildman–Crippen MR) is 100 cm³/mol. The molecule has 0 aromatic carbocycles. The Kier molecular flexibility index (Phi) is 4.49. The maximum atomic E-state index is 12.5. The van der Waals surface area contributed by atoms with Crippen molar-refractivity contribution in [2.45, 2.75) is 13.5 Å². The Morgan fingerprint density at radius 2 is 2.13 bits per heavy atom. The summed E-state index contributed by atoms with van der Waals surface area (Å²) in [6.45, 7) is 1.25. The van der Waals surface area contributed by atoms with E-state index >= 15 is 0 Å². The number of carbonyl (C=O) groups is 1. The molecule has 4 heterocycles. The number of aromatic amines is 1. The maximum absolute atomic E-state index is 12.5. The summed E-state index contributed by atoms with van der Waals surface area (Å²) >= 11 is 0. The van der Waals surface area contributed by atoms with Gasteiger partial charge in [-0.25, -0.2) is 9.97 Å². The molecule has 0 saturated carbocycles. The summed E-state index contributed by atoms with van der Waals surface area (Å²) in [4.78, 5) is 20.2. The molecule has 0 aliphatic rings. The second kappa shape index (κ2) is 7.02. The summed E-state index contributed by atoms with van der Waals surface area (Å²) in [6.07, 6.45) is 0.321. The average molecular weight is 415 g/mol. The smallest absolute Gasteiger partial charge is 0.268 e. The van der Waals surface area contributed by atoms with E-state index < -0.39 is 12.0 Å². The van der Waals surface area contributed by atoms with Crippen LogP contribution < -0.4 is 5.73 Å². The minimum Gasteiger partial charge on any atom is -0.504 e. The van der Waals surface area contributed by atoms with E-state index in [2.05, 4.69) is 30.4 Å². The SMILES string of the molecule is Cc1nn(CC=C(F)F)c(-c2nc(-c3nc(C(N)=O)cc4c3cnn4C)n[nH]2)c1O. The van der Waals surface area contributed by atoms with Crippen molar-refractivity contribution in [1.82, 2.24) is 39.7 Å². The van der Waals surface area contributed by atoms with Crippen molar-refractivity contribution in [2.24, 2.45) is 12.8 Å². The molecule has 0 aliphatic heterocycles. The highest BCUT2D eigenvalue weighted by atomic mass is 19.3. The van der Waals surface area contributed by atoms with Gasteiger partial charge in [0.2, 0.25) is 5.82 Å². The quantitative estimate of drug-likeness (QED) is 0.446. The monoisotopic (exact) mass is 415 g/mol. The Bertz CT molecular complexity index is 1310. The van der Waals surface area contributed by atoms with Gasteiger partial charge in [0.1, 0.15) is 22.8 Å². The first-order valence-corrected chi connectivity index (χ1v) is 8.59. The van der Waals surface area contributed by atoms with Crippen molar-refractivity contribution in [3.8, 4) is 28.8 Å². The van der Waals surface area contributed by atoms with Gasteiger partial charge in [-0.1, -0.05) is 0 Å². The number of aromatic nitrogens is 8. The molecule has 0 atom stereocenters. The fraction of sp³-hybridized carbons (Fsp3) is 0.176. The highest BCUT2D eigenvalue weighted by Crippen LogP contribution is 2.32. The standard InChI is InChI=1S/C17H15F2N9O2/c1-7-14(29)13(28(26-7)4-3-11(18)19)17-23-16(24-25-17)12-8-6-21-27(2)10(8)5-9(22-12)15(20)30/h3,5-6,29H,4H2,1-2H3,(H2,20,30)(H,23,24,25). The van der Waals surface area contributed by atoms with Gasteiger partial charge >= 0.3 is 0 Å². The molecule has 0 saturated heterocycles. The van der Waals surface area contributed by atoms with Gasteiger partial charge in [-0.3, -0.25) is 19.3 Å². The zero-order valence-corrected chi connectivity index (χ0v) is 15.8. The van der Waals surface area contributed by atoms with Crippen LogP contribution in [0.15, 0.2) is 24.4 Å². The van der Waals surface area contributed by atoms with Crippen molar-refractivity contribution in [3.63, 3.8) is 0 Å². The predicted octanol–water partition coefficient (Wildman–Crippen LogP) is 1.51. The number of H-pyrrole nitrogens is 1. The van der Waals surface area contributed by atoms with Crippen molar-refractivity contribution in [3.05, 3.63) is 35.8 Å². The third-order valence-electron chi connectivity index (χ3n) is 4.43. The number of primary amides is 1. The molecule has 1 amide bonds. The van der Waals surface area contributed by atoms with E-state index in [4.69, 9.17) is 5.73 Å². The Morgan fingerprint density at radius 3 is 2.83 bits per heavy atom. The van der Waals surface area contributed by atoms with E-state index in [0.717, 1.165) is 0 Å². The summed E-state index contributed by atoms with van der Waals surface area (Å²) in [5, 5.41) is 25.9. The van der Waals surface area contributed by atoms with Gasteiger partial charge in [0, 0.05) is 18.5 Å². The van der Waals surface area contributed by atoms with Crippen LogP contribution in [0.5, 0.6) is 5.75 Å². The van der Waals surface area contributed by atoms with Crippen LogP contribution in [-0.2, 0) is 13.6 Å². The first kappa shape index (κ1) is 19.2. The second-order valence-corrected chi connectivity index (χ2v) is 6.39. The first-order chi connectivity index (χ1) is 14.3. The number of nitrogens with two attached hydrogens (primary N) is 1. The summed E-state index contributed by atoms with van der Waals surface area (Å²) < 4.78 is 27.7. The van der Waals surface area contributed by atoms with E-state index in [1.807, 2.05) is 0 Å². The normalized spacial score (nSPS) is 11.2. The van der Waals surface area contributed by atoms with Gasteiger partial charge in [0.25, 0.3) is 12.0 Å². The molecule has 0 spiro atoms. The molecule has 0 fully saturated rings. The Morgan fingerprint density at radius 1 is 1.37 bits per heavy atom. The summed E-state index contributed by atoms with van der Waals surface area (Å²) in [5.41, 5.74) is 6.53. The zero-order valence-electron chi connectivity index (χ0n) is 15.8. The molecule has 4 rings (SSSR count). The number of amides is 1. The van der Waals surface area contributed by atoms with Crippen LogP contribution in [0.1, 0.15) is 16.2 Å². The summed E-state index contributed by atoms with van der Waals surface area (Å²) in [5.74, 6) is -0.778. The van der Waals surface area contributed by atoms with Crippen LogP contribution in [0, 0.1) is 6.92 Å². The number of hydrogen-bond acceptors (Lipinski definition) is 7. The van der Waals surface area contributed by atoms with Gasteiger partial charge in [-0.05, 0) is 13.0 Å². The molecule has 0 radical (unpaired) electrons. The Balaban J connectivity index is 1.85. The number of halogens is 2. The van der Waals surface area contributed by atoms with Crippen molar-refractivity contribution in [2.75, 3.05) is 0 Å². The van der Waals surface area contributed by atoms with E-state index in [0.29, 0.717) is 17.0 Å². The topological polar surface area (TPSA) is 153 Å². The molecule has 13 heteroatoms. The highest BCUT2D eigenvalue weighted by molar-refractivity contribution is 5.98. The van der Waals surface area contributed by atoms with Crippen LogP contribution in [0.3, 0.4) is 0 Å². The Labute approximate surface area is 166 Å². The number of pyridine rings is 1. The molecule has 4 aromatic heterocycles. The number of hydrogen-bond donors (Lipinski definition) is 3. The number of allylic oxidation sites excluding steroid dienone is 1. The number of aromatic hydroxyl groups is 1. The largest absolute Gasteiger partial charge is 0.504 e. The minimum absolute atomic E-state index is 0.000239. The summed E-state index contributed by atoms with van der Waals surface area (Å²) in [6, 6.07) is 1.50. The lowest BCUT2D eigenvalue weighted by molar-refractivity contribution is 0.0996. The van der Waals surface area contributed by atoms with Crippen molar-refractivity contribution in [1.29, 1.82) is 0 Å². The lowest BCUT2D eigenvalue weighted by Gasteiger charge is -2.03. The molecule has 0 aliphatic carbocycles. The van der Waals surface area contributed by atoms with Gasteiger partial charge in [-0.2, -0.15) is 24.1 Å². The number of rotatable bonds is 5. The fourth-order valence-corrected chi connectivity index (χ4v) is 3.01. The van der Waals surface area contributed by atoms with Crippen molar-refractivity contribution >= 4 is 16.8 Å². The number of nitrogens with one attached hydrogen (secondary N) is 1. The fourth-order valence-electron chi connectivity index (χ4n) is 3.01. The van der Waals surface area contributed by atoms with E-state index in [1.54, 1.807) is 17.9 Å². The second-order valence-electron chi connectivity index (χ2n) is 6.39. The summed E-state index contributed by atoms with van der Waals surface area (Å²) in [7, 11) is 1.69. The van der Waals surface area contributed by atoms with Gasteiger partial charge < -0.3 is 10.8 Å². The molecule has 4 N–H and O–H groups in total. The lowest BCUT2D eigenvalue weighted by Crippen LogP contribution is -2.13. The van der Waals surface area contributed by atoms with E-state index in [1.165, 1.54) is 17.7 Å². The number of fused-ring (bicyclic) bond motifs is 1. The molecular weight excluding hydrogens is 400 g/mol. The number of nitrogens with zero attached hydrogens (tertiary/aromatic N) is 7.